The maximum absolute atomic E-state index is 13.4. The van der Waals surface area contributed by atoms with Crippen molar-refractivity contribution in [3.63, 3.8) is 0 Å². The van der Waals surface area contributed by atoms with Gasteiger partial charge in [0.1, 0.15) is 10.7 Å². The third kappa shape index (κ3) is 2.37. The van der Waals surface area contributed by atoms with Gasteiger partial charge in [0.05, 0.1) is 12.7 Å². The van der Waals surface area contributed by atoms with E-state index in [2.05, 4.69) is 4.74 Å². The standard InChI is InChI=1S/C9H10FNO4S/c1-5-3-6(9(12)15-2)4-7(8(5)10)16(11,13)14/h3-4H,1-2H3,(H2,11,13,14). The van der Waals surface area contributed by atoms with Gasteiger partial charge in [-0.3, -0.25) is 0 Å². The molecular formula is C9H10FNO4S. The summed E-state index contributed by atoms with van der Waals surface area (Å²) in [5.41, 5.74) is -0.0580. The average Bonchev–Trinajstić information content (AvgIpc) is 2.18. The van der Waals surface area contributed by atoms with Crippen LogP contribution in [0, 0.1) is 12.7 Å². The van der Waals surface area contributed by atoms with Crippen molar-refractivity contribution in [3.05, 3.63) is 29.1 Å². The lowest BCUT2D eigenvalue weighted by Crippen LogP contribution is -2.16. The Morgan fingerprint density at radius 1 is 1.44 bits per heavy atom. The van der Waals surface area contributed by atoms with Crippen LogP contribution in [0.15, 0.2) is 17.0 Å². The first-order valence-corrected chi connectivity index (χ1v) is 5.73. The number of benzene rings is 1. The molecule has 16 heavy (non-hydrogen) atoms. The van der Waals surface area contributed by atoms with Crippen molar-refractivity contribution in [1.29, 1.82) is 0 Å². The van der Waals surface area contributed by atoms with E-state index in [1.807, 2.05) is 0 Å². The van der Waals surface area contributed by atoms with E-state index in [1.165, 1.54) is 13.0 Å². The number of hydrogen-bond donors (Lipinski definition) is 1. The molecule has 0 aromatic heterocycles. The zero-order chi connectivity index (χ0) is 12.5. The molecule has 0 aliphatic carbocycles. The van der Waals surface area contributed by atoms with E-state index in [1.54, 1.807) is 0 Å². The summed E-state index contributed by atoms with van der Waals surface area (Å²) < 4.78 is 39.9. The van der Waals surface area contributed by atoms with Crippen molar-refractivity contribution in [2.24, 2.45) is 5.14 Å². The van der Waals surface area contributed by atoms with Crippen LogP contribution in [-0.4, -0.2) is 21.5 Å². The lowest BCUT2D eigenvalue weighted by molar-refractivity contribution is 0.0600. The van der Waals surface area contributed by atoms with E-state index in [9.17, 15) is 17.6 Å². The van der Waals surface area contributed by atoms with Crippen LogP contribution < -0.4 is 5.14 Å². The van der Waals surface area contributed by atoms with Gasteiger partial charge in [-0.25, -0.2) is 22.7 Å². The maximum atomic E-state index is 13.4. The minimum Gasteiger partial charge on any atom is -0.465 e. The number of nitrogens with two attached hydrogens (primary N) is 1. The lowest BCUT2D eigenvalue weighted by atomic mass is 10.1. The van der Waals surface area contributed by atoms with Crippen LogP contribution in [-0.2, 0) is 14.8 Å². The van der Waals surface area contributed by atoms with Gasteiger partial charge in [0.2, 0.25) is 10.0 Å². The third-order valence-electron chi connectivity index (χ3n) is 1.95. The van der Waals surface area contributed by atoms with E-state index < -0.39 is 26.7 Å². The normalized spacial score (nSPS) is 11.2. The summed E-state index contributed by atoms with van der Waals surface area (Å²) in [4.78, 5) is 10.5. The number of ether oxygens (including phenoxy) is 1. The Morgan fingerprint density at radius 2 is 2.00 bits per heavy atom. The van der Waals surface area contributed by atoms with Gasteiger partial charge < -0.3 is 4.74 Å². The SMILES string of the molecule is COC(=O)c1cc(C)c(F)c(S(N)(=O)=O)c1. The fourth-order valence-electron chi connectivity index (χ4n) is 1.18. The van der Waals surface area contributed by atoms with Gasteiger partial charge in [-0.15, -0.1) is 0 Å². The molecule has 0 amide bonds. The predicted octanol–water partition coefficient (Wildman–Crippen LogP) is 0.568. The molecule has 88 valence electrons. The zero-order valence-corrected chi connectivity index (χ0v) is 9.47. The first-order chi connectivity index (χ1) is 7.27. The Hall–Kier alpha value is -1.47. The average molecular weight is 247 g/mol. The van der Waals surface area contributed by atoms with Crippen LogP contribution in [0.3, 0.4) is 0 Å². The number of sulfonamides is 1. The van der Waals surface area contributed by atoms with Gasteiger partial charge in [0, 0.05) is 0 Å². The summed E-state index contributed by atoms with van der Waals surface area (Å²) in [6.45, 7) is 1.33. The number of halogens is 1. The topological polar surface area (TPSA) is 86.5 Å². The van der Waals surface area contributed by atoms with Crippen LogP contribution in [0.5, 0.6) is 0 Å². The van der Waals surface area contributed by atoms with E-state index in [4.69, 9.17) is 5.14 Å². The number of rotatable bonds is 2. The van der Waals surface area contributed by atoms with Gasteiger partial charge in [0.15, 0.2) is 0 Å². The molecule has 7 heteroatoms. The van der Waals surface area contributed by atoms with Crippen LogP contribution in [0.2, 0.25) is 0 Å². The second-order valence-electron chi connectivity index (χ2n) is 3.14. The lowest BCUT2D eigenvalue weighted by Gasteiger charge is -2.06. The van der Waals surface area contributed by atoms with Crippen molar-refractivity contribution in [1.82, 2.24) is 0 Å². The molecule has 2 N–H and O–H groups in total. The van der Waals surface area contributed by atoms with E-state index in [0.717, 1.165) is 13.2 Å². The molecule has 0 aliphatic heterocycles. The molecule has 0 aliphatic rings. The Kier molecular flexibility index (Phi) is 3.30. The summed E-state index contributed by atoms with van der Waals surface area (Å²) in [7, 11) is -3.07. The fraction of sp³-hybridized carbons (Fsp3) is 0.222. The Labute approximate surface area is 92.1 Å². The van der Waals surface area contributed by atoms with Gasteiger partial charge in [0.25, 0.3) is 0 Å². The summed E-state index contributed by atoms with van der Waals surface area (Å²) in [6.07, 6.45) is 0. The Bertz CT molecular complexity index is 539. The second kappa shape index (κ2) is 4.18. The maximum Gasteiger partial charge on any atom is 0.337 e. The molecule has 1 aromatic rings. The van der Waals surface area contributed by atoms with Gasteiger partial charge in [-0.1, -0.05) is 0 Å². The molecule has 0 saturated heterocycles. The smallest absolute Gasteiger partial charge is 0.337 e. The van der Waals surface area contributed by atoms with E-state index in [-0.39, 0.29) is 11.1 Å². The first-order valence-electron chi connectivity index (χ1n) is 4.18. The highest BCUT2D eigenvalue weighted by molar-refractivity contribution is 7.89. The third-order valence-corrected chi connectivity index (χ3v) is 2.86. The molecule has 0 unspecified atom stereocenters. The van der Waals surface area contributed by atoms with Crippen LogP contribution in [0.25, 0.3) is 0 Å². The molecule has 0 heterocycles. The molecule has 0 fully saturated rings. The first kappa shape index (κ1) is 12.6. The number of primary sulfonamides is 1. The molecule has 0 radical (unpaired) electrons. The molecule has 5 nitrogen and oxygen atoms in total. The Balaban J connectivity index is 3.52. The van der Waals surface area contributed by atoms with Crippen molar-refractivity contribution in [2.75, 3.05) is 7.11 Å². The van der Waals surface area contributed by atoms with Gasteiger partial charge in [-0.2, -0.15) is 0 Å². The van der Waals surface area contributed by atoms with Crippen LogP contribution in [0.4, 0.5) is 4.39 Å². The molecular weight excluding hydrogens is 237 g/mol. The molecule has 0 saturated carbocycles. The summed E-state index contributed by atoms with van der Waals surface area (Å²) in [5.74, 6) is -1.72. The molecule has 1 rings (SSSR count). The fourth-order valence-corrected chi connectivity index (χ4v) is 1.88. The molecule has 0 atom stereocenters. The largest absolute Gasteiger partial charge is 0.465 e. The van der Waals surface area contributed by atoms with E-state index in [0.29, 0.717) is 0 Å². The second-order valence-corrected chi connectivity index (χ2v) is 4.67. The van der Waals surface area contributed by atoms with Gasteiger partial charge >= 0.3 is 5.97 Å². The van der Waals surface area contributed by atoms with Crippen molar-refractivity contribution >= 4 is 16.0 Å². The van der Waals surface area contributed by atoms with Crippen LogP contribution in [0.1, 0.15) is 15.9 Å². The highest BCUT2D eigenvalue weighted by Gasteiger charge is 2.20. The molecule has 0 bridgehead atoms. The summed E-state index contributed by atoms with van der Waals surface area (Å²) >= 11 is 0. The minimum atomic E-state index is -4.20. The number of carbonyl (C=O) groups excluding carboxylic acids is 1. The molecule has 1 aromatic carbocycles. The highest BCUT2D eigenvalue weighted by Crippen LogP contribution is 2.19. The van der Waals surface area contributed by atoms with Crippen molar-refractivity contribution in [3.8, 4) is 0 Å². The number of aryl methyl sites for hydroxylation is 1. The quantitative estimate of drug-likeness (QED) is 0.774. The summed E-state index contributed by atoms with van der Waals surface area (Å²) in [5, 5.41) is 4.82. The van der Waals surface area contributed by atoms with Crippen molar-refractivity contribution in [2.45, 2.75) is 11.8 Å². The predicted molar refractivity (Wildman–Crippen MR) is 53.8 cm³/mol. The monoisotopic (exact) mass is 247 g/mol. The highest BCUT2D eigenvalue weighted by atomic mass is 32.2. The minimum absolute atomic E-state index is 0.00641. The number of esters is 1. The number of carbonyl (C=O) groups is 1. The van der Waals surface area contributed by atoms with Crippen LogP contribution >= 0.6 is 0 Å². The number of hydrogen-bond acceptors (Lipinski definition) is 4. The summed E-state index contributed by atoms with van der Waals surface area (Å²) in [6, 6.07) is 2.04. The van der Waals surface area contributed by atoms with Crippen molar-refractivity contribution < 1.29 is 22.3 Å². The zero-order valence-electron chi connectivity index (χ0n) is 8.65. The molecule has 0 spiro atoms. The van der Waals surface area contributed by atoms with Gasteiger partial charge in [-0.05, 0) is 24.6 Å². The Morgan fingerprint density at radius 3 is 2.44 bits per heavy atom. The van der Waals surface area contributed by atoms with E-state index >= 15 is 0 Å². The number of methoxy groups -OCH3 is 1.